The minimum Gasteiger partial charge on any atom is -0.497 e. The van der Waals surface area contributed by atoms with E-state index in [0.717, 1.165) is 21.5 Å². The SMILES string of the molecule is COc1cccc(-c2noc(CCC(=O)Nc3cccc(Br)c3)n2)c1. The van der Waals surface area contributed by atoms with Crippen molar-refractivity contribution in [3.05, 3.63) is 58.9 Å². The van der Waals surface area contributed by atoms with Gasteiger partial charge in [0.05, 0.1) is 7.11 Å². The molecule has 128 valence electrons. The van der Waals surface area contributed by atoms with Crippen molar-refractivity contribution in [1.29, 1.82) is 0 Å². The molecule has 2 aromatic carbocycles. The third-order valence-electron chi connectivity index (χ3n) is 3.47. The van der Waals surface area contributed by atoms with Gasteiger partial charge in [0.25, 0.3) is 0 Å². The van der Waals surface area contributed by atoms with Crippen LogP contribution in [0.25, 0.3) is 11.4 Å². The molecule has 25 heavy (non-hydrogen) atoms. The van der Waals surface area contributed by atoms with E-state index in [2.05, 4.69) is 31.4 Å². The van der Waals surface area contributed by atoms with Gasteiger partial charge in [0.15, 0.2) is 0 Å². The molecular weight excluding hydrogens is 386 g/mol. The molecule has 0 bridgehead atoms. The Bertz CT molecular complexity index is 879. The molecule has 0 aliphatic carbocycles. The van der Waals surface area contributed by atoms with Crippen molar-refractivity contribution < 1.29 is 14.1 Å². The second-order valence-corrected chi connectivity index (χ2v) is 6.22. The van der Waals surface area contributed by atoms with Crippen molar-refractivity contribution >= 4 is 27.5 Å². The van der Waals surface area contributed by atoms with Crippen LogP contribution in [0.1, 0.15) is 12.3 Å². The lowest BCUT2D eigenvalue weighted by Gasteiger charge is -2.04. The zero-order chi connectivity index (χ0) is 17.6. The lowest BCUT2D eigenvalue weighted by atomic mass is 10.2. The summed E-state index contributed by atoms with van der Waals surface area (Å²) >= 11 is 3.37. The molecule has 6 nitrogen and oxygen atoms in total. The molecule has 0 saturated heterocycles. The first-order chi connectivity index (χ1) is 12.1. The first-order valence-corrected chi connectivity index (χ1v) is 8.46. The van der Waals surface area contributed by atoms with Crippen LogP contribution in [0.5, 0.6) is 5.75 Å². The van der Waals surface area contributed by atoms with E-state index >= 15 is 0 Å². The highest BCUT2D eigenvalue weighted by atomic mass is 79.9. The van der Waals surface area contributed by atoms with Crippen LogP contribution in [0.3, 0.4) is 0 Å². The monoisotopic (exact) mass is 401 g/mol. The molecule has 7 heteroatoms. The number of hydrogen-bond donors (Lipinski definition) is 1. The average molecular weight is 402 g/mol. The fourth-order valence-electron chi connectivity index (χ4n) is 2.25. The van der Waals surface area contributed by atoms with E-state index in [1.54, 1.807) is 7.11 Å². The number of aromatic nitrogens is 2. The Labute approximate surface area is 153 Å². The van der Waals surface area contributed by atoms with Gasteiger partial charge in [-0.3, -0.25) is 4.79 Å². The Morgan fingerprint density at radius 2 is 2.08 bits per heavy atom. The first kappa shape index (κ1) is 17.2. The van der Waals surface area contributed by atoms with Gasteiger partial charge in [-0.05, 0) is 30.3 Å². The van der Waals surface area contributed by atoms with Gasteiger partial charge in [0.2, 0.25) is 17.6 Å². The molecule has 0 atom stereocenters. The van der Waals surface area contributed by atoms with E-state index in [9.17, 15) is 4.79 Å². The topological polar surface area (TPSA) is 77.2 Å². The minimum atomic E-state index is -0.112. The van der Waals surface area contributed by atoms with E-state index in [1.165, 1.54) is 0 Å². The van der Waals surface area contributed by atoms with E-state index in [-0.39, 0.29) is 12.3 Å². The summed E-state index contributed by atoms with van der Waals surface area (Å²) < 4.78 is 11.3. The van der Waals surface area contributed by atoms with Crippen LogP contribution in [-0.4, -0.2) is 23.2 Å². The average Bonchev–Trinajstić information content (AvgIpc) is 3.09. The third kappa shape index (κ3) is 4.67. The number of carbonyl (C=O) groups is 1. The molecule has 0 fully saturated rings. The summed E-state index contributed by atoms with van der Waals surface area (Å²) in [5, 5.41) is 6.79. The van der Waals surface area contributed by atoms with Crippen LogP contribution in [-0.2, 0) is 11.2 Å². The Hall–Kier alpha value is -2.67. The molecule has 0 aliphatic heterocycles. The zero-order valence-electron chi connectivity index (χ0n) is 13.5. The van der Waals surface area contributed by atoms with Crippen molar-refractivity contribution in [2.75, 3.05) is 12.4 Å². The summed E-state index contributed by atoms with van der Waals surface area (Å²) in [7, 11) is 1.60. The van der Waals surface area contributed by atoms with Crippen LogP contribution in [0, 0.1) is 0 Å². The molecular formula is C18H16BrN3O3. The number of benzene rings is 2. The number of aryl methyl sites for hydroxylation is 1. The van der Waals surface area contributed by atoms with E-state index in [4.69, 9.17) is 9.26 Å². The maximum atomic E-state index is 12.0. The second kappa shape index (κ2) is 7.94. The predicted molar refractivity (Wildman–Crippen MR) is 97.4 cm³/mol. The van der Waals surface area contributed by atoms with Crippen LogP contribution in [0.4, 0.5) is 5.69 Å². The maximum Gasteiger partial charge on any atom is 0.227 e. The quantitative estimate of drug-likeness (QED) is 0.673. The van der Waals surface area contributed by atoms with Gasteiger partial charge >= 0.3 is 0 Å². The van der Waals surface area contributed by atoms with E-state index in [0.29, 0.717) is 18.1 Å². The van der Waals surface area contributed by atoms with Crippen LogP contribution in [0.2, 0.25) is 0 Å². The van der Waals surface area contributed by atoms with Crippen LogP contribution >= 0.6 is 15.9 Å². The number of nitrogens with one attached hydrogen (secondary N) is 1. The highest BCUT2D eigenvalue weighted by molar-refractivity contribution is 9.10. The van der Waals surface area contributed by atoms with Crippen molar-refractivity contribution in [1.82, 2.24) is 10.1 Å². The number of nitrogens with zero attached hydrogens (tertiary/aromatic N) is 2. The van der Waals surface area contributed by atoms with Crippen molar-refractivity contribution in [3.63, 3.8) is 0 Å². The Balaban J connectivity index is 1.59. The third-order valence-corrected chi connectivity index (χ3v) is 3.96. The standard InChI is InChI=1S/C18H16BrN3O3/c1-24-15-7-2-4-12(10-15)18-21-17(25-22-18)9-8-16(23)20-14-6-3-5-13(19)11-14/h2-7,10-11H,8-9H2,1H3,(H,20,23). The summed E-state index contributed by atoms with van der Waals surface area (Å²) in [6.45, 7) is 0. The number of anilines is 1. The molecule has 1 N–H and O–H groups in total. The van der Waals surface area contributed by atoms with Gasteiger partial charge in [-0.25, -0.2) is 0 Å². The molecule has 3 rings (SSSR count). The van der Waals surface area contributed by atoms with Gasteiger partial charge in [0.1, 0.15) is 5.75 Å². The normalized spacial score (nSPS) is 10.5. The summed E-state index contributed by atoms with van der Waals surface area (Å²) in [5.41, 5.74) is 1.54. The molecule has 0 aliphatic rings. The Morgan fingerprint density at radius 3 is 2.88 bits per heavy atom. The molecule has 0 radical (unpaired) electrons. The zero-order valence-corrected chi connectivity index (χ0v) is 15.1. The number of hydrogen-bond acceptors (Lipinski definition) is 5. The van der Waals surface area contributed by atoms with Crippen LogP contribution < -0.4 is 10.1 Å². The lowest BCUT2D eigenvalue weighted by Crippen LogP contribution is -2.12. The number of ether oxygens (including phenoxy) is 1. The smallest absolute Gasteiger partial charge is 0.227 e. The highest BCUT2D eigenvalue weighted by Crippen LogP contribution is 2.21. The van der Waals surface area contributed by atoms with Crippen molar-refractivity contribution in [2.45, 2.75) is 12.8 Å². The number of amides is 1. The number of rotatable bonds is 6. The highest BCUT2D eigenvalue weighted by Gasteiger charge is 2.11. The molecule has 0 spiro atoms. The second-order valence-electron chi connectivity index (χ2n) is 5.30. The lowest BCUT2D eigenvalue weighted by molar-refractivity contribution is -0.116. The number of halogens is 1. The van der Waals surface area contributed by atoms with Crippen molar-refractivity contribution in [3.8, 4) is 17.1 Å². The van der Waals surface area contributed by atoms with Gasteiger partial charge in [-0.15, -0.1) is 0 Å². The Kier molecular flexibility index (Phi) is 5.45. The molecule has 1 aromatic heterocycles. The summed E-state index contributed by atoms with van der Waals surface area (Å²) in [6, 6.07) is 14.8. The molecule has 1 amide bonds. The molecule has 0 unspecified atom stereocenters. The van der Waals surface area contributed by atoms with Crippen molar-refractivity contribution in [2.24, 2.45) is 0 Å². The van der Waals surface area contributed by atoms with Gasteiger partial charge in [-0.1, -0.05) is 39.3 Å². The van der Waals surface area contributed by atoms with E-state index < -0.39 is 0 Å². The summed E-state index contributed by atoms with van der Waals surface area (Å²) in [4.78, 5) is 16.4. The summed E-state index contributed by atoms with van der Waals surface area (Å²) in [5.74, 6) is 1.50. The predicted octanol–water partition coefficient (Wildman–Crippen LogP) is 4.08. The molecule has 3 aromatic rings. The van der Waals surface area contributed by atoms with Gasteiger partial charge in [-0.2, -0.15) is 4.98 Å². The van der Waals surface area contributed by atoms with Gasteiger partial charge in [0, 0.05) is 28.6 Å². The minimum absolute atomic E-state index is 0.112. The largest absolute Gasteiger partial charge is 0.497 e. The fourth-order valence-corrected chi connectivity index (χ4v) is 2.65. The van der Waals surface area contributed by atoms with Crippen LogP contribution in [0.15, 0.2) is 57.5 Å². The van der Waals surface area contributed by atoms with E-state index in [1.807, 2.05) is 48.5 Å². The number of methoxy groups -OCH3 is 1. The molecule has 0 saturated carbocycles. The number of carbonyl (C=O) groups excluding carboxylic acids is 1. The van der Waals surface area contributed by atoms with Gasteiger partial charge < -0.3 is 14.6 Å². The summed E-state index contributed by atoms with van der Waals surface area (Å²) in [6.07, 6.45) is 0.628. The Morgan fingerprint density at radius 1 is 1.24 bits per heavy atom. The first-order valence-electron chi connectivity index (χ1n) is 7.66. The maximum absolute atomic E-state index is 12.0. The fraction of sp³-hybridized carbons (Fsp3) is 0.167. The molecule has 1 heterocycles.